The lowest BCUT2D eigenvalue weighted by molar-refractivity contribution is 0.0975. The molecular weight excluding hydrogens is 426 g/mol. The van der Waals surface area contributed by atoms with Crippen LogP contribution in [0.15, 0.2) is 67.3 Å². The monoisotopic (exact) mass is 451 g/mol. The van der Waals surface area contributed by atoms with Gasteiger partial charge in [0.05, 0.1) is 17.6 Å². The molecule has 1 aromatic carbocycles. The fourth-order valence-electron chi connectivity index (χ4n) is 4.31. The van der Waals surface area contributed by atoms with Crippen molar-refractivity contribution < 1.29 is 5.11 Å². The Kier molecular flexibility index (Phi) is 4.70. The molecule has 170 valence electrons. The number of aromatic nitrogens is 6. The third-order valence-electron chi connectivity index (χ3n) is 6.49. The average Bonchev–Trinajstić information content (AvgIpc) is 3.36. The number of H-pyrrole nitrogens is 1. The molecule has 34 heavy (non-hydrogen) atoms. The van der Waals surface area contributed by atoms with E-state index < -0.39 is 5.60 Å². The number of nitrogens with two attached hydrogens (primary N) is 1. The van der Waals surface area contributed by atoms with Gasteiger partial charge in [0.25, 0.3) is 0 Å². The van der Waals surface area contributed by atoms with Crippen LogP contribution in [0.25, 0.3) is 33.4 Å². The number of pyridine rings is 1. The molecule has 1 aliphatic rings. The van der Waals surface area contributed by atoms with Crippen LogP contribution in [0.2, 0.25) is 0 Å². The van der Waals surface area contributed by atoms with Crippen molar-refractivity contribution in [1.29, 1.82) is 0 Å². The summed E-state index contributed by atoms with van der Waals surface area (Å²) in [6.45, 7) is 2.68. The topological polar surface area (TPSA) is 119 Å². The van der Waals surface area contributed by atoms with Gasteiger partial charge in [-0.25, -0.2) is 15.0 Å². The Balaban J connectivity index is 1.40. The summed E-state index contributed by atoms with van der Waals surface area (Å²) in [5, 5.41) is 16.7. The molecule has 5 aromatic rings. The van der Waals surface area contributed by atoms with Crippen molar-refractivity contribution in [3.8, 4) is 22.4 Å². The zero-order valence-electron chi connectivity index (χ0n) is 18.8. The van der Waals surface area contributed by atoms with Crippen molar-refractivity contribution >= 4 is 17.0 Å². The van der Waals surface area contributed by atoms with Crippen molar-refractivity contribution in [2.45, 2.75) is 31.9 Å². The first-order valence-electron chi connectivity index (χ1n) is 11.4. The van der Waals surface area contributed by atoms with Gasteiger partial charge in [-0.05, 0) is 43.4 Å². The molecule has 1 aliphatic carbocycles. The molecule has 1 saturated carbocycles. The van der Waals surface area contributed by atoms with Gasteiger partial charge in [0.15, 0.2) is 0 Å². The fraction of sp³-hybridized carbons (Fsp3) is 0.231. The first-order chi connectivity index (χ1) is 16.5. The molecular formula is C26H25N7O. The van der Waals surface area contributed by atoms with E-state index >= 15 is 0 Å². The molecule has 0 bridgehead atoms. The van der Waals surface area contributed by atoms with Gasteiger partial charge in [-0.3, -0.25) is 4.68 Å². The van der Waals surface area contributed by atoms with Crippen LogP contribution >= 0.6 is 0 Å². The van der Waals surface area contributed by atoms with Crippen LogP contribution in [-0.2, 0) is 12.1 Å². The molecule has 4 N–H and O–H groups in total. The van der Waals surface area contributed by atoms with Crippen LogP contribution < -0.4 is 5.73 Å². The lowest BCUT2D eigenvalue weighted by atomic mass is 9.91. The molecule has 0 saturated heterocycles. The number of fused-ring (bicyclic) bond motifs is 1. The van der Waals surface area contributed by atoms with Gasteiger partial charge in [0.2, 0.25) is 5.95 Å². The minimum Gasteiger partial charge on any atom is -0.379 e. The van der Waals surface area contributed by atoms with Gasteiger partial charge >= 0.3 is 0 Å². The number of benzene rings is 1. The second-order valence-electron chi connectivity index (χ2n) is 9.15. The minimum atomic E-state index is -1.32. The number of anilines is 1. The summed E-state index contributed by atoms with van der Waals surface area (Å²) in [5.74, 6) is 0.860. The Morgan fingerprint density at radius 3 is 2.74 bits per heavy atom. The Hall–Kier alpha value is -4.04. The number of nitrogen functional groups attached to an aromatic ring is 1. The molecule has 0 spiro atoms. The van der Waals surface area contributed by atoms with Crippen molar-refractivity contribution in [3.63, 3.8) is 0 Å². The van der Waals surface area contributed by atoms with E-state index in [1.807, 2.05) is 53.6 Å². The number of hydrogen-bond donors (Lipinski definition) is 3. The lowest BCUT2D eigenvalue weighted by Gasteiger charge is -2.24. The molecule has 6 rings (SSSR count). The first-order valence-corrected chi connectivity index (χ1v) is 11.4. The highest BCUT2D eigenvalue weighted by atomic mass is 16.3. The van der Waals surface area contributed by atoms with Crippen molar-refractivity contribution in [3.05, 3.63) is 78.5 Å². The summed E-state index contributed by atoms with van der Waals surface area (Å²) in [6, 6.07) is 13.3. The number of aromatic amines is 1. The summed E-state index contributed by atoms with van der Waals surface area (Å²) in [5.41, 5.74) is 10.1. The Morgan fingerprint density at radius 1 is 1.12 bits per heavy atom. The zero-order valence-corrected chi connectivity index (χ0v) is 18.8. The van der Waals surface area contributed by atoms with Crippen LogP contribution in [0.5, 0.6) is 0 Å². The van der Waals surface area contributed by atoms with E-state index in [4.69, 9.17) is 5.73 Å². The standard InChI is InChI=1S/C26H25N7O/c1-26(34,19-5-3-2-4-6-19)23-10-22(31-25(27)32-23)21-13-29-24-20(21)9-17(11-28-24)18-12-30-33(15-18)14-16-7-8-16/h2-6,9-13,15-16,34H,7-8,14H2,1H3,(H,28,29)(H2,27,31,32). The van der Waals surface area contributed by atoms with Gasteiger partial charge in [-0.15, -0.1) is 0 Å². The van der Waals surface area contributed by atoms with Crippen LogP contribution in [0, 0.1) is 5.92 Å². The van der Waals surface area contributed by atoms with Crippen molar-refractivity contribution in [1.82, 2.24) is 29.7 Å². The third-order valence-corrected chi connectivity index (χ3v) is 6.49. The average molecular weight is 452 g/mol. The fourth-order valence-corrected chi connectivity index (χ4v) is 4.31. The van der Waals surface area contributed by atoms with Gasteiger partial charge < -0.3 is 15.8 Å². The van der Waals surface area contributed by atoms with Gasteiger partial charge in [0, 0.05) is 47.2 Å². The Labute approximate surface area is 196 Å². The number of hydrogen-bond acceptors (Lipinski definition) is 6. The van der Waals surface area contributed by atoms with Crippen molar-refractivity contribution in [2.24, 2.45) is 5.92 Å². The normalized spacial score (nSPS) is 15.5. The molecule has 0 aliphatic heterocycles. The maximum Gasteiger partial charge on any atom is 0.220 e. The Morgan fingerprint density at radius 2 is 1.94 bits per heavy atom. The summed E-state index contributed by atoms with van der Waals surface area (Å²) in [7, 11) is 0. The number of nitrogens with zero attached hydrogens (tertiary/aromatic N) is 5. The quantitative estimate of drug-likeness (QED) is 0.357. The molecule has 4 aromatic heterocycles. The van der Waals surface area contributed by atoms with Crippen LogP contribution in [0.3, 0.4) is 0 Å². The maximum atomic E-state index is 11.3. The first kappa shape index (κ1) is 20.6. The van der Waals surface area contributed by atoms with E-state index in [1.54, 1.807) is 13.0 Å². The number of nitrogens with one attached hydrogen (secondary N) is 1. The van der Waals surface area contributed by atoms with Crippen LogP contribution in [0.1, 0.15) is 31.0 Å². The minimum absolute atomic E-state index is 0.100. The number of aliphatic hydroxyl groups is 1. The van der Waals surface area contributed by atoms with E-state index in [-0.39, 0.29) is 5.95 Å². The molecule has 1 atom stereocenters. The third kappa shape index (κ3) is 3.72. The van der Waals surface area contributed by atoms with E-state index in [1.165, 1.54) is 12.8 Å². The summed E-state index contributed by atoms with van der Waals surface area (Å²) in [6.07, 6.45) is 10.2. The molecule has 0 amide bonds. The molecule has 1 fully saturated rings. The van der Waals surface area contributed by atoms with E-state index in [0.717, 1.165) is 45.7 Å². The molecule has 8 nitrogen and oxygen atoms in total. The highest BCUT2D eigenvalue weighted by Gasteiger charge is 2.29. The van der Waals surface area contributed by atoms with E-state index in [9.17, 15) is 5.11 Å². The molecule has 1 unspecified atom stereocenters. The summed E-state index contributed by atoms with van der Waals surface area (Å²) >= 11 is 0. The second-order valence-corrected chi connectivity index (χ2v) is 9.15. The van der Waals surface area contributed by atoms with Crippen LogP contribution in [0.4, 0.5) is 5.95 Å². The lowest BCUT2D eigenvalue weighted by Crippen LogP contribution is -2.25. The highest BCUT2D eigenvalue weighted by molar-refractivity contribution is 5.95. The van der Waals surface area contributed by atoms with Gasteiger partial charge in [0.1, 0.15) is 11.2 Å². The summed E-state index contributed by atoms with van der Waals surface area (Å²) in [4.78, 5) is 16.6. The number of rotatable bonds is 6. The molecule has 8 heteroatoms. The Bertz CT molecular complexity index is 1480. The molecule has 4 heterocycles. The highest BCUT2D eigenvalue weighted by Crippen LogP contribution is 2.34. The van der Waals surface area contributed by atoms with Gasteiger partial charge in [-0.2, -0.15) is 5.10 Å². The predicted molar refractivity (Wildman–Crippen MR) is 131 cm³/mol. The van der Waals surface area contributed by atoms with Gasteiger partial charge in [-0.1, -0.05) is 30.3 Å². The molecule has 0 radical (unpaired) electrons. The maximum absolute atomic E-state index is 11.3. The van der Waals surface area contributed by atoms with E-state index in [2.05, 4.69) is 37.3 Å². The van der Waals surface area contributed by atoms with Crippen molar-refractivity contribution in [2.75, 3.05) is 5.73 Å². The predicted octanol–water partition coefficient (Wildman–Crippen LogP) is 4.13. The van der Waals surface area contributed by atoms with Crippen LogP contribution in [-0.4, -0.2) is 34.8 Å². The second kappa shape index (κ2) is 7.78. The summed E-state index contributed by atoms with van der Waals surface area (Å²) < 4.78 is 2.01. The smallest absolute Gasteiger partial charge is 0.220 e. The largest absolute Gasteiger partial charge is 0.379 e. The zero-order chi connectivity index (χ0) is 23.3. The SMILES string of the molecule is CC(O)(c1ccccc1)c1cc(-c2c[nH]c3ncc(-c4cnn(CC5CC5)c4)cc23)nc(N)n1. The van der Waals surface area contributed by atoms with E-state index in [0.29, 0.717) is 11.4 Å².